The van der Waals surface area contributed by atoms with Crippen molar-refractivity contribution in [2.75, 3.05) is 5.32 Å². The van der Waals surface area contributed by atoms with Gasteiger partial charge in [-0.25, -0.2) is 4.98 Å². The molecule has 1 amide bonds. The molecule has 0 aliphatic rings. The molecule has 4 rings (SSSR count). The van der Waals surface area contributed by atoms with Crippen molar-refractivity contribution >= 4 is 67.6 Å². The van der Waals surface area contributed by atoms with Gasteiger partial charge >= 0.3 is 0 Å². The highest BCUT2D eigenvalue weighted by Crippen LogP contribution is 2.26. The molecule has 4 aromatic rings. The molecule has 0 atom stereocenters. The summed E-state index contributed by atoms with van der Waals surface area (Å²) in [6, 6.07) is 14.0. The highest BCUT2D eigenvalue weighted by molar-refractivity contribution is 9.10. The Bertz CT molecular complexity index is 1230. The Labute approximate surface area is 184 Å². The van der Waals surface area contributed by atoms with E-state index in [0.717, 1.165) is 10.0 Å². The van der Waals surface area contributed by atoms with E-state index in [9.17, 15) is 4.79 Å². The molecule has 0 radical (unpaired) electrons. The van der Waals surface area contributed by atoms with E-state index in [4.69, 9.17) is 28.2 Å². The molecule has 0 bridgehead atoms. The van der Waals surface area contributed by atoms with E-state index < -0.39 is 5.91 Å². The lowest BCUT2D eigenvalue weighted by Crippen LogP contribution is -2.34. The fourth-order valence-electron chi connectivity index (χ4n) is 2.63. The monoisotopic (exact) mass is 486 g/mol. The molecule has 0 unspecified atom stereocenters. The van der Waals surface area contributed by atoms with Crippen molar-refractivity contribution in [1.29, 1.82) is 0 Å². The van der Waals surface area contributed by atoms with Gasteiger partial charge in [-0.15, -0.1) is 0 Å². The van der Waals surface area contributed by atoms with Crippen molar-refractivity contribution in [1.82, 2.24) is 15.3 Å². The van der Waals surface area contributed by atoms with Crippen LogP contribution in [0.3, 0.4) is 0 Å². The van der Waals surface area contributed by atoms with Gasteiger partial charge in [-0.05, 0) is 60.7 Å². The smallest absolute Gasteiger partial charge is 0.258 e. The maximum atomic E-state index is 12.4. The third-order valence-electron chi connectivity index (χ3n) is 3.97. The Morgan fingerprint density at radius 1 is 1.10 bits per heavy atom. The van der Waals surface area contributed by atoms with Crippen molar-refractivity contribution in [3.63, 3.8) is 0 Å². The second kappa shape index (κ2) is 8.28. The van der Waals surface area contributed by atoms with E-state index in [-0.39, 0.29) is 5.11 Å². The normalized spacial score (nSPS) is 10.7. The average molecular weight is 488 g/mol. The van der Waals surface area contributed by atoms with E-state index in [2.05, 4.69) is 36.5 Å². The van der Waals surface area contributed by atoms with E-state index in [1.165, 1.54) is 0 Å². The Morgan fingerprint density at radius 2 is 1.90 bits per heavy atom. The van der Waals surface area contributed by atoms with Gasteiger partial charge in [0.25, 0.3) is 5.91 Å². The van der Waals surface area contributed by atoms with Crippen LogP contribution in [0.4, 0.5) is 5.69 Å². The number of halogens is 2. The first-order valence-corrected chi connectivity index (χ1v) is 9.96. The second-order valence-corrected chi connectivity index (χ2v) is 7.70. The number of aromatic nitrogens is 2. The molecule has 0 aliphatic carbocycles. The molecule has 0 saturated carbocycles. The maximum Gasteiger partial charge on any atom is 0.258 e. The SMILES string of the molecule is O=C(NC(=S)Nc1ccc2oc(-c3ccncc3)nc2c1)c1cc(Br)ccc1Cl. The van der Waals surface area contributed by atoms with Crippen LogP contribution in [-0.4, -0.2) is 21.0 Å². The number of benzene rings is 2. The fourth-order valence-corrected chi connectivity index (χ4v) is 3.40. The molecular formula is C20H12BrClN4O2S. The van der Waals surface area contributed by atoms with Gasteiger partial charge in [0.1, 0.15) is 5.52 Å². The Hall–Kier alpha value is -2.81. The van der Waals surface area contributed by atoms with Crippen molar-refractivity contribution < 1.29 is 9.21 Å². The van der Waals surface area contributed by atoms with Gasteiger partial charge in [0.05, 0.1) is 10.6 Å². The summed E-state index contributed by atoms with van der Waals surface area (Å²) in [6.45, 7) is 0. The predicted molar refractivity (Wildman–Crippen MR) is 120 cm³/mol. The molecule has 2 heterocycles. The number of hydrogen-bond acceptors (Lipinski definition) is 5. The Kier molecular flexibility index (Phi) is 5.57. The van der Waals surface area contributed by atoms with E-state index in [1.807, 2.05) is 12.1 Å². The van der Waals surface area contributed by atoms with Gasteiger partial charge in [0, 0.05) is 28.1 Å². The number of hydrogen-bond donors (Lipinski definition) is 2. The van der Waals surface area contributed by atoms with E-state index in [0.29, 0.717) is 33.3 Å². The van der Waals surface area contributed by atoms with Crippen molar-refractivity contribution in [2.24, 2.45) is 0 Å². The van der Waals surface area contributed by atoms with Crippen LogP contribution in [0.15, 0.2) is 69.8 Å². The minimum absolute atomic E-state index is 0.142. The zero-order valence-electron chi connectivity index (χ0n) is 14.6. The highest BCUT2D eigenvalue weighted by atomic mass is 79.9. The third kappa shape index (κ3) is 4.45. The van der Waals surface area contributed by atoms with Gasteiger partial charge in [0.2, 0.25) is 5.89 Å². The average Bonchev–Trinajstić information content (AvgIpc) is 3.13. The number of carbonyl (C=O) groups excluding carboxylic acids is 1. The van der Waals surface area contributed by atoms with E-state index >= 15 is 0 Å². The molecule has 2 aromatic heterocycles. The zero-order chi connectivity index (χ0) is 20.4. The summed E-state index contributed by atoms with van der Waals surface area (Å²) in [7, 11) is 0. The number of thiocarbonyl (C=S) groups is 1. The number of nitrogens with one attached hydrogen (secondary N) is 2. The number of carbonyl (C=O) groups is 1. The number of oxazole rings is 1. The molecule has 9 heteroatoms. The lowest BCUT2D eigenvalue weighted by atomic mass is 10.2. The van der Waals surface area contributed by atoms with Crippen LogP contribution in [0.5, 0.6) is 0 Å². The molecule has 2 aromatic carbocycles. The van der Waals surface area contributed by atoms with Crippen molar-refractivity contribution in [2.45, 2.75) is 0 Å². The van der Waals surface area contributed by atoms with E-state index in [1.54, 1.807) is 48.8 Å². The molecule has 0 fully saturated rings. The first-order chi connectivity index (χ1) is 14.0. The molecular weight excluding hydrogens is 476 g/mol. The maximum absolute atomic E-state index is 12.4. The van der Waals surface area contributed by atoms with Crippen LogP contribution in [-0.2, 0) is 0 Å². The summed E-state index contributed by atoms with van der Waals surface area (Å²) in [5, 5.41) is 6.06. The first kappa shape index (κ1) is 19.5. The summed E-state index contributed by atoms with van der Waals surface area (Å²) in [5.41, 5.74) is 3.11. The molecule has 0 aliphatic heterocycles. The minimum Gasteiger partial charge on any atom is -0.436 e. The van der Waals surface area contributed by atoms with Gasteiger partial charge in [0.15, 0.2) is 10.7 Å². The molecule has 6 nitrogen and oxygen atoms in total. The Balaban J connectivity index is 1.49. The lowest BCUT2D eigenvalue weighted by molar-refractivity contribution is 0.0978. The van der Waals surface area contributed by atoms with Gasteiger partial charge in [-0.1, -0.05) is 27.5 Å². The standard InChI is InChI=1S/C20H12BrClN4O2S/c21-12-1-3-15(22)14(9-12)18(27)26-20(29)24-13-2-4-17-16(10-13)25-19(28-17)11-5-7-23-8-6-11/h1-10H,(H2,24,26,27,29). The minimum atomic E-state index is -0.406. The summed E-state index contributed by atoms with van der Waals surface area (Å²) in [5.74, 6) is 0.0935. The first-order valence-electron chi connectivity index (χ1n) is 8.38. The van der Waals surface area contributed by atoms with Crippen LogP contribution in [0, 0.1) is 0 Å². The topological polar surface area (TPSA) is 80.0 Å². The summed E-state index contributed by atoms with van der Waals surface area (Å²) in [6.07, 6.45) is 3.35. The summed E-state index contributed by atoms with van der Waals surface area (Å²) < 4.78 is 6.52. The molecule has 0 spiro atoms. The van der Waals surface area contributed by atoms with Crippen LogP contribution in [0.1, 0.15) is 10.4 Å². The number of fused-ring (bicyclic) bond motifs is 1. The second-order valence-electron chi connectivity index (χ2n) is 5.97. The quantitative estimate of drug-likeness (QED) is 0.375. The largest absolute Gasteiger partial charge is 0.436 e. The van der Waals surface area contributed by atoms with Gasteiger partial charge < -0.3 is 9.73 Å². The Morgan fingerprint density at radius 3 is 2.69 bits per heavy atom. The van der Waals surface area contributed by atoms with Crippen LogP contribution >= 0.6 is 39.7 Å². The van der Waals surface area contributed by atoms with Crippen LogP contribution in [0.2, 0.25) is 5.02 Å². The number of rotatable bonds is 3. The zero-order valence-corrected chi connectivity index (χ0v) is 17.8. The third-order valence-corrected chi connectivity index (χ3v) is 5.00. The number of nitrogens with zero attached hydrogens (tertiary/aromatic N) is 2. The predicted octanol–water partition coefficient (Wildman–Crippen LogP) is 5.43. The fraction of sp³-hybridized carbons (Fsp3) is 0. The van der Waals surface area contributed by atoms with Gasteiger partial charge in [-0.3, -0.25) is 15.1 Å². The van der Waals surface area contributed by atoms with Gasteiger partial charge in [-0.2, -0.15) is 0 Å². The van der Waals surface area contributed by atoms with Crippen molar-refractivity contribution in [3.8, 4) is 11.5 Å². The molecule has 144 valence electrons. The number of amides is 1. The lowest BCUT2D eigenvalue weighted by Gasteiger charge is -2.10. The van der Waals surface area contributed by atoms with Crippen LogP contribution in [0.25, 0.3) is 22.6 Å². The molecule has 0 saturated heterocycles. The van der Waals surface area contributed by atoms with Crippen LogP contribution < -0.4 is 10.6 Å². The molecule has 29 heavy (non-hydrogen) atoms. The summed E-state index contributed by atoms with van der Waals surface area (Å²) >= 11 is 14.6. The summed E-state index contributed by atoms with van der Waals surface area (Å²) in [4.78, 5) is 20.9. The number of anilines is 1. The van der Waals surface area contributed by atoms with Crippen molar-refractivity contribution in [3.05, 3.63) is 76.0 Å². The highest BCUT2D eigenvalue weighted by Gasteiger charge is 2.13. The molecule has 2 N–H and O–H groups in total. The number of pyridine rings is 1.